The van der Waals surface area contributed by atoms with Crippen LogP contribution in [0.25, 0.3) is 21.6 Å². The van der Waals surface area contributed by atoms with Crippen LogP contribution in [-0.2, 0) is 0 Å². The Hall–Kier alpha value is -1.72. The van der Waals surface area contributed by atoms with E-state index < -0.39 is 5.82 Å². The quantitative estimate of drug-likeness (QED) is 0.666. The van der Waals surface area contributed by atoms with Gasteiger partial charge in [-0.05, 0) is 23.6 Å². The van der Waals surface area contributed by atoms with Crippen molar-refractivity contribution in [2.24, 2.45) is 0 Å². The summed E-state index contributed by atoms with van der Waals surface area (Å²) in [5, 5.41) is 2.99. The molecule has 3 aromatic rings. The van der Waals surface area contributed by atoms with Crippen LogP contribution in [0.1, 0.15) is 0 Å². The average molecular weight is 295 g/mol. The highest BCUT2D eigenvalue weighted by Gasteiger charge is 2.13. The second-order valence-corrected chi connectivity index (χ2v) is 5.08. The minimum atomic E-state index is -0.439. The molecule has 0 aliphatic heterocycles. The third kappa shape index (κ3) is 2.15. The molecule has 0 amide bonds. The van der Waals surface area contributed by atoms with Gasteiger partial charge in [-0.25, -0.2) is 14.4 Å². The maximum Gasteiger partial charge on any atom is 0.165 e. The van der Waals surface area contributed by atoms with Crippen molar-refractivity contribution < 1.29 is 9.13 Å². The van der Waals surface area contributed by atoms with Crippen LogP contribution in [0.5, 0.6) is 5.75 Å². The van der Waals surface area contributed by atoms with Crippen molar-refractivity contribution in [3.05, 3.63) is 40.6 Å². The summed E-state index contributed by atoms with van der Waals surface area (Å²) in [6.45, 7) is 0. The van der Waals surface area contributed by atoms with E-state index in [1.807, 2.05) is 11.4 Å². The Bertz CT molecular complexity index is 759. The van der Waals surface area contributed by atoms with Crippen molar-refractivity contribution >= 4 is 33.2 Å². The Balaban J connectivity index is 2.18. The minimum absolute atomic E-state index is 0.278. The molecule has 0 fully saturated rings. The van der Waals surface area contributed by atoms with Gasteiger partial charge in [-0.1, -0.05) is 11.6 Å². The summed E-state index contributed by atoms with van der Waals surface area (Å²) < 4.78 is 18.9. The summed E-state index contributed by atoms with van der Waals surface area (Å²) >= 11 is 7.51. The Kier molecular flexibility index (Phi) is 3.08. The molecule has 0 unspecified atom stereocenters. The molecule has 0 aliphatic carbocycles. The van der Waals surface area contributed by atoms with E-state index in [4.69, 9.17) is 16.3 Å². The van der Waals surface area contributed by atoms with Gasteiger partial charge in [-0.2, -0.15) is 0 Å². The first-order valence-corrected chi connectivity index (χ1v) is 6.69. The number of hydrogen-bond donors (Lipinski definition) is 0. The molecular formula is C13H8ClFN2OS. The topological polar surface area (TPSA) is 35.0 Å². The molecule has 0 saturated heterocycles. The first-order valence-electron chi connectivity index (χ1n) is 5.43. The average Bonchev–Trinajstić information content (AvgIpc) is 2.87. The molecule has 0 radical (unpaired) electrons. The van der Waals surface area contributed by atoms with Crippen LogP contribution in [0.15, 0.2) is 29.6 Å². The van der Waals surface area contributed by atoms with Crippen LogP contribution in [0, 0.1) is 5.82 Å². The maximum absolute atomic E-state index is 14.0. The van der Waals surface area contributed by atoms with E-state index in [0.29, 0.717) is 16.5 Å². The van der Waals surface area contributed by atoms with Gasteiger partial charge in [0.25, 0.3) is 0 Å². The smallest absolute Gasteiger partial charge is 0.165 e. The van der Waals surface area contributed by atoms with Gasteiger partial charge >= 0.3 is 0 Å². The van der Waals surface area contributed by atoms with E-state index in [-0.39, 0.29) is 5.82 Å². The van der Waals surface area contributed by atoms with E-state index in [0.717, 1.165) is 10.2 Å². The van der Waals surface area contributed by atoms with Crippen molar-refractivity contribution in [3.8, 4) is 17.1 Å². The van der Waals surface area contributed by atoms with Crippen molar-refractivity contribution in [2.75, 3.05) is 7.11 Å². The van der Waals surface area contributed by atoms with E-state index in [1.54, 1.807) is 12.1 Å². The molecule has 2 aromatic heterocycles. The maximum atomic E-state index is 14.0. The predicted octanol–water partition coefficient (Wildman–Crippen LogP) is 4.16. The largest absolute Gasteiger partial charge is 0.497 e. The molecule has 0 bridgehead atoms. The lowest BCUT2D eigenvalue weighted by Crippen LogP contribution is -1.94. The molecule has 96 valence electrons. The fraction of sp³-hybridized carbons (Fsp3) is 0.0769. The predicted molar refractivity (Wildman–Crippen MR) is 74.4 cm³/mol. The Morgan fingerprint density at radius 1 is 1.26 bits per heavy atom. The van der Waals surface area contributed by atoms with Crippen LogP contribution in [0.2, 0.25) is 5.15 Å². The number of methoxy groups -OCH3 is 1. The van der Waals surface area contributed by atoms with Gasteiger partial charge < -0.3 is 4.74 Å². The first-order chi connectivity index (χ1) is 9.19. The zero-order valence-electron chi connectivity index (χ0n) is 9.85. The summed E-state index contributed by atoms with van der Waals surface area (Å²) in [5.74, 6) is 0.288. The molecule has 0 aliphatic rings. The van der Waals surface area contributed by atoms with Crippen molar-refractivity contribution in [1.82, 2.24) is 9.97 Å². The molecule has 0 N–H and O–H groups in total. The highest BCUT2D eigenvalue weighted by Crippen LogP contribution is 2.30. The number of ether oxygens (including phenoxy) is 1. The fourth-order valence-corrected chi connectivity index (χ4v) is 2.80. The van der Waals surface area contributed by atoms with Crippen LogP contribution in [0.3, 0.4) is 0 Å². The second-order valence-electron chi connectivity index (χ2n) is 3.82. The Morgan fingerprint density at radius 3 is 2.84 bits per heavy atom. The van der Waals surface area contributed by atoms with Gasteiger partial charge in [0.05, 0.1) is 12.7 Å². The Morgan fingerprint density at radius 2 is 2.11 bits per heavy atom. The lowest BCUT2D eigenvalue weighted by atomic mass is 10.2. The summed E-state index contributed by atoms with van der Waals surface area (Å²) in [7, 11) is 1.49. The standard InChI is InChI=1S/C13H8ClFN2OS/c1-18-7-2-3-8(10(15)6-7)12-16-11(14)9-4-5-19-13(9)17-12/h2-6H,1H3. The number of benzene rings is 1. The van der Waals surface area contributed by atoms with Crippen molar-refractivity contribution in [1.29, 1.82) is 0 Å². The molecule has 0 spiro atoms. The number of aromatic nitrogens is 2. The van der Waals surface area contributed by atoms with Gasteiger partial charge in [0.15, 0.2) is 5.82 Å². The Labute approximate surface area is 117 Å². The molecule has 3 nitrogen and oxygen atoms in total. The third-order valence-corrected chi connectivity index (χ3v) is 3.79. The lowest BCUT2D eigenvalue weighted by Gasteiger charge is -2.05. The third-order valence-electron chi connectivity index (χ3n) is 2.70. The molecule has 19 heavy (non-hydrogen) atoms. The number of nitrogens with zero attached hydrogens (tertiary/aromatic N) is 2. The number of fused-ring (bicyclic) bond motifs is 1. The molecule has 6 heteroatoms. The molecule has 3 rings (SSSR count). The normalized spacial score (nSPS) is 10.9. The first kappa shape index (κ1) is 12.3. The summed E-state index contributed by atoms with van der Waals surface area (Å²) in [4.78, 5) is 9.21. The van der Waals surface area contributed by atoms with E-state index in [2.05, 4.69) is 9.97 Å². The number of hydrogen-bond acceptors (Lipinski definition) is 4. The SMILES string of the molecule is COc1ccc(-c2nc(Cl)c3ccsc3n2)c(F)c1. The number of thiophene rings is 1. The molecule has 0 atom stereocenters. The summed E-state index contributed by atoms with van der Waals surface area (Å²) in [6, 6.07) is 6.38. The summed E-state index contributed by atoms with van der Waals surface area (Å²) in [6.07, 6.45) is 0. The fourth-order valence-electron chi connectivity index (χ4n) is 1.74. The zero-order valence-corrected chi connectivity index (χ0v) is 11.4. The van der Waals surface area contributed by atoms with E-state index >= 15 is 0 Å². The van der Waals surface area contributed by atoms with Crippen molar-refractivity contribution in [2.45, 2.75) is 0 Å². The van der Waals surface area contributed by atoms with Crippen LogP contribution >= 0.6 is 22.9 Å². The molecule has 2 heterocycles. The van der Waals surface area contributed by atoms with E-state index in [1.165, 1.54) is 24.5 Å². The van der Waals surface area contributed by atoms with Crippen LogP contribution in [-0.4, -0.2) is 17.1 Å². The lowest BCUT2D eigenvalue weighted by molar-refractivity contribution is 0.411. The van der Waals surface area contributed by atoms with Gasteiger partial charge in [0.2, 0.25) is 0 Å². The molecule has 1 aromatic carbocycles. The number of rotatable bonds is 2. The van der Waals surface area contributed by atoms with Gasteiger partial charge in [-0.3, -0.25) is 0 Å². The van der Waals surface area contributed by atoms with Crippen LogP contribution in [0.4, 0.5) is 4.39 Å². The molecular weight excluding hydrogens is 287 g/mol. The highest BCUT2D eigenvalue weighted by atomic mass is 35.5. The molecule has 0 saturated carbocycles. The zero-order chi connectivity index (χ0) is 13.4. The highest BCUT2D eigenvalue weighted by molar-refractivity contribution is 7.16. The van der Waals surface area contributed by atoms with Crippen molar-refractivity contribution in [3.63, 3.8) is 0 Å². The number of halogens is 2. The minimum Gasteiger partial charge on any atom is -0.497 e. The van der Waals surface area contributed by atoms with E-state index in [9.17, 15) is 4.39 Å². The van der Waals surface area contributed by atoms with Gasteiger partial charge in [0, 0.05) is 11.5 Å². The van der Waals surface area contributed by atoms with Crippen LogP contribution < -0.4 is 4.74 Å². The summed E-state index contributed by atoms with van der Waals surface area (Å²) in [5.41, 5.74) is 0.304. The van der Waals surface area contributed by atoms with Gasteiger partial charge in [-0.15, -0.1) is 11.3 Å². The second kappa shape index (κ2) is 4.75. The van der Waals surface area contributed by atoms with Gasteiger partial charge in [0.1, 0.15) is 21.6 Å². The monoisotopic (exact) mass is 294 g/mol.